The Balaban J connectivity index is 2.05. The number of carbonyl (C=O) groups excluding carboxylic acids is 1. The van der Waals surface area contributed by atoms with E-state index in [-0.39, 0.29) is 5.91 Å². The van der Waals surface area contributed by atoms with Crippen molar-refractivity contribution in [3.8, 4) is 0 Å². The van der Waals surface area contributed by atoms with Gasteiger partial charge in [0.2, 0.25) is 0 Å². The van der Waals surface area contributed by atoms with E-state index in [2.05, 4.69) is 29.2 Å². The van der Waals surface area contributed by atoms with E-state index in [9.17, 15) is 4.79 Å². The Kier molecular flexibility index (Phi) is 4.89. The number of likely N-dealkylation sites (tertiary alicyclic amines) is 1. The van der Waals surface area contributed by atoms with Gasteiger partial charge < -0.3 is 10.3 Å². The predicted molar refractivity (Wildman–Crippen MR) is 77.9 cm³/mol. The molecule has 1 fully saturated rings. The number of hydrogen-bond acceptors (Lipinski definition) is 5. The van der Waals surface area contributed by atoms with Gasteiger partial charge in [0.05, 0.1) is 12.4 Å². The second kappa shape index (κ2) is 6.65. The highest BCUT2D eigenvalue weighted by Crippen LogP contribution is 2.25. The fourth-order valence-corrected chi connectivity index (χ4v) is 2.69. The average Bonchev–Trinajstić information content (AvgIpc) is 2.72. The molecule has 1 aliphatic rings. The van der Waals surface area contributed by atoms with Gasteiger partial charge in [-0.1, -0.05) is 13.8 Å². The fourth-order valence-electron chi connectivity index (χ4n) is 2.69. The lowest BCUT2D eigenvalue weighted by Gasteiger charge is -2.21. The molecule has 6 nitrogen and oxygen atoms in total. The number of hydrazine groups is 1. The number of rotatable bonds is 3. The number of amides is 1. The molecule has 0 spiro atoms. The van der Waals surface area contributed by atoms with Crippen molar-refractivity contribution >= 4 is 11.7 Å². The second-order valence-corrected chi connectivity index (χ2v) is 5.66. The minimum absolute atomic E-state index is 0.0565. The van der Waals surface area contributed by atoms with Crippen molar-refractivity contribution in [3.05, 3.63) is 18.1 Å². The molecule has 20 heavy (non-hydrogen) atoms. The zero-order valence-corrected chi connectivity index (χ0v) is 12.2. The van der Waals surface area contributed by atoms with Crippen molar-refractivity contribution in [2.75, 3.05) is 18.5 Å². The number of nitrogens with one attached hydrogen (secondary N) is 1. The number of hydrogen-bond donors (Lipinski definition) is 2. The van der Waals surface area contributed by atoms with Crippen LogP contribution in [0.2, 0.25) is 0 Å². The Morgan fingerprint density at radius 1 is 1.40 bits per heavy atom. The lowest BCUT2D eigenvalue weighted by atomic mass is 9.89. The molecule has 1 saturated heterocycles. The maximum atomic E-state index is 12.5. The quantitative estimate of drug-likeness (QED) is 0.648. The summed E-state index contributed by atoms with van der Waals surface area (Å²) in [5, 5.41) is 0. The van der Waals surface area contributed by atoms with Crippen molar-refractivity contribution in [3.63, 3.8) is 0 Å². The Morgan fingerprint density at radius 3 is 2.90 bits per heavy atom. The van der Waals surface area contributed by atoms with Crippen molar-refractivity contribution < 1.29 is 4.79 Å². The summed E-state index contributed by atoms with van der Waals surface area (Å²) in [6.07, 6.45) is 6.29. The zero-order valence-electron chi connectivity index (χ0n) is 12.2. The summed E-state index contributed by atoms with van der Waals surface area (Å²) in [6, 6.07) is 0. The van der Waals surface area contributed by atoms with Crippen LogP contribution in [-0.2, 0) is 0 Å². The van der Waals surface area contributed by atoms with Gasteiger partial charge in [-0.2, -0.15) is 0 Å². The maximum Gasteiger partial charge on any atom is 0.274 e. The van der Waals surface area contributed by atoms with Crippen LogP contribution in [0.5, 0.6) is 0 Å². The van der Waals surface area contributed by atoms with Gasteiger partial charge in [0.15, 0.2) is 5.82 Å². The van der Waals surface area contributed by atoms with Crippen molar-refractivity contribution in [1.29, 1.82) is 0 Å². The molecule has 1 atom stereocenters. The number of nitrogen functional groups attached to an aromatic ring is 1. The lowest BCUT2D eigenvalue weighted by Crippen LogP contribution is -2.33. The minimum atomic E-state index is -0.0565. The molecular weight excluding hydrogens is 254 g/mol. The molecular formula is C14H23N5O. The largest absolute Gasteiger partial charge is 0.337 e. The average molecular weight is 277 g/mol. The Hall–Kier alpha value is -1.69. The zero-order chi connectivity index (χ0) is 14.5. The molecule has 2 heterocycles. The van der Waals surface area contributed by atoms with E-state index < -0.39 is 0 Å². The first-order valence-electron chi connectivity index (χ1n) is 7.19. The standard InChI is InChI=1S/C14H23N5O/c1-10(2)11-4-3-6-19(7-5-11)14(20)12-8-16-9-13(17-12)18-15/h8-11H,3-7,15H2,1-2H3,(H,17,18). The Morgan fingerprint density at radius 2 is 2.20 bits per heavy atom. The number of aromatic nitrogens is 2. The van der Waals surface area contributed by atoms with Gasteiger partial charge in [-0.05, 0) is 31.1 Å². The van der Waals surface area contributed by atoms with E-state index >= 15 is 0 Å². The normalized spacial score (nSPS) is 19.8. The Bertz CT molecular complexity index is 463. The predicted octanol–water partition coefficient (Wildman–Crippen LogP) is 1.66. The smallest absolute Gasteiger partial charge is 0.274 e. The highest BCUT2D eigenvalue weighted by Gasteiger charge is 2.24. The van der Waals surface area contributed by atoms with Crippen LogP contribution in [0.1, 0.15) is 43.6 Å². The van der Waals surface area contributed by atoms with Crippen molar-refractivity contribution in [2.45, 2.75) is 33.1 Å². The van der Waals surface area contributed by atoms with Crippen LogP contribution in [0.15, 0.2) is 12.4 Å². The van der Waals surface area contributed by atoms with Gasteiger partial charge in [0.1, 0.15) is 5.69 Å². The summed E-state index contributed by atoms with van der Waals surface area (Å²) in [5.41, 5.74) is 2.77. The Labute approximate surface area is 119 Å². The third-order valence-electron chi connectivity index (χ3n) is 4.00. The molecule has 1 aliphatic heterocycles. The van der Waals surface area contributed by atoms with E-state index in [0.717, 1.165) is 25.9 Å². The first kappa shape index (κ1) is 14.7. The summed E-state index contributed by atoms with van der Waals surface area (Å²) in [4.78, 5) is 22.5. The maximum absolute atomic E-state index is 12.5. The fraction of sp³-hybridized carbons (Fsp3) is 0.643. The molecule has 0 aliphatic carbocycles. The lowest BCUT2D eigenvalue weighted by molar-refractivity contribution is 0.0752. The van der Waals surface area contributed by atoms with Gasteiger partial charge in [-0.15, -0.1) is 0 Å². The third-order valence-corrected chi connectivity index (χ3v) is 4.00. The first-order valence-corrected chi connectivity index (χ1v) is 7.19. The molecule has 1 amide bonds. The number of nitrogens with zero attached hydrogens (tertiary/aromatic N) is 3. The molecule has 110 valence electrons. The number of carbonyl (C=O) groups is 1. The van der Waals surface area contributed by atoms with E-state index in [1.54, 1.807) is 0 Å². The van der Waals surface area contributed by atoms with Crippen LogP contribution >= 0.6 is 0 Å². The van der Waals surface area contributed by atoms with Crippen LogP contribution in [0.4, 0.5) is 5.82 Å². The third kappa shape index (κ3) is 3.45. The monoisotopic (exact) mass is 277 g/mol. The summed E-state index contributed by atoms with van der Waals surface area (Å²) < 4.78 is 0. The SMILES string of the molecule is CC(C)C1CCCN(C(=O)c2cncc(NN)n2)CC1. The van der Waals surface area contributed by atoms with Gasteiger partial charge in [-0.3, -0.25) is 9.78 Å². The van der Waals surface area contributed by atoms with E-state index in [1.807, 2.05) is 4.90 Å². The van der Waals surface area contributed by atoms with Gasteiger partial charge in [-0.25, -0.2) is 10.8 Å². The molecule has 0 saturated carbocycles. The second-order valence-electron chi connectivity index (χ2n) is 5.66. The molecule has 3 N–H and O–H groups in total. The molecule has 6 heteroatoms. The van der Waals surface area contributed by atoms with Crippen LogP contribution in [0.3, 0.4) is 0 Å². The van der Waals surface area contributed by atoms with Gasteiger partial charge in [0, 0.05) is 13.1 Å². The summed E-state index contributed by atoms with van der Waals surface area (Å²) in [7, 11) is 0. The summed E-state index contributed by atoms with van der Waals surface area (Å²) >= 11 is 0. The van der Waals surface area contributed by atoms with Gasteiger partial charge >= 0.3 is 0 Å². The topological polar surface area (TPSA) is 84.1 Å². The van der Waals surface area contributed by atoms with Gasteiger partial charge in [0.25, 0.3) is 5.91 Å². The molecule has 1 unspecified atom stereocenters. The van der Waals surface area contributed by atoms with E-state index in [0.29, 0.717) is 23.3 Å². The van der Waals surface area contributed by atoms with Crippen molar-refractivity contribution in [2.24, 2.45) is 17.7 Å². The molecule has 1 aromatic rings. The number of anilines is 1. The van der Waals surface area contributed by atoms with Crippen molar-refractivity contribution in [1.82, 2.24) is 14.9 Å². The highest BCUT2D eigenvalue weighted by atomic mass is 16.2. The summed E-state index contributed by atoms with van der Waals surface area (Å²) in [6.45, 7) is 6.10. The summed E-state index contributed by atoms with van der Waals surface area (Å²) in [5.74, 6) is 7.03. The number of nitrogens with two attached hydrogens (primary N) is 1. The van der Waals surface area contributed by atoms with Crippen LogP contribution < -0.4 is 11.3 Å². The molecule has 2 rings (SSSR count). The first-order chi connectivity index (χ1) is 9.61. The van der Waals surface area contributed by atoms with E-state index in [4.69, 9.17) is 5.84 Å². The van der Waals surface area contributed by atoms with Crippen LogP contribution in [-0.4, -0.2) is 33.9 Å². The molecule has 0 radical (unpaired) electrons. The van der Waals surface area contributed by atoms with E-state index in [1.165, 1.54) is 18.8 Å². The van der Waals surface area contributed by atoms with Crippen LogP contribution in [0, 0.1) is 11.8 Å². The molecule has 0 aromatic carbocycles. The minimum Gasteiger partial charge on any atom is -0.337 e. The molecule has 1 aromatic heterocycles. The van der Waals surface area contributed by atoms with Crippen LogP contribution in [0.25, 0.3) is 0 Å². The highest BCUT2D eigenvalue weighted by molar-refractivity contribution is 5.92. The molecule has 0 bridgehead atoms.